The van der Waals surface area contributed by atoms with Gasteiger partial charge in [-0.15, -0.1) is 0 Å². The number of hydrogen-bond donors (Lipinski definition) is 0. The van der Waals surface area contributed by atoms with E-state index in [2.05, 4.69) is 15.0 Å². The van der Waals surface area contributed by atoms with Crippen LogP contribution in [0.2, 0.25) is 0 Å². The smallest absolute Gasteiger partial charge is 0.269 e. The monoisotopic (exact) mass is 424 g/mol. The molecule has 0 spiro atoms. The maximum Gasteiger partial charge on any atom is 0.451 e. The van der Waals surface area contributed by atoms with E-state index in [9.17, 15) is 22.0 Å². The van der Waals surface area contributed by atoms with E-state index in [0.717, 1.165) is 16.3 Å². The molecule has 0 saturated carbocycles. The predicted octanol–water partition coefficient (Wildman–Crippen LogP) is 6.25. The first-order valence-corrected chi connectivity index (χ1v) is 9.39. The summed E-state index contributed by atoms with van der Waals surface area (Å²) in [6.07, 6.45) is -4.72. The average molecular weight is 424 g/mol. The molecule has 4 rings (SSSR count). The summed E-state index contributed by atoms with van der Waals surface area (Å²) >= 11 is 0.935. The van der Waals surface area contributed by atoms with Crippen LogP contribution >= 0.6 is 11.8 Å². The van der Waals surface area contributed by atoms with Crippen LogP contribution in [0.4, 0.5) is 22.0 Å². The Morgan fingerprint density at radius 1 is 0.897 bits per heavy atom. The molecule has 0 aliphatic carbocycles. The lowest BCUT2D eigenvalue weighted by atomic mass is 10.2. The van der Waals surface area contributed by atoms with Gasteiger partial charge < -0.3 is 0 Å². The van der Waals surface area contributed by atoms with Crippen LogP contribution in [-0.2, 0) is 6.18 Å². The number of nitrogens with zero attached hydrogens (tertiary/aromatic N) is 4. The zero-order valence-electron chi connectivity index (χ0n) is 14.9. The summed E-state index contributed by atoms with van der Waals surface area (Å²) in [4.78, 5) is 11.5. The van der Waals surface area contributed by atoms with Gasteiger partial charge in [0, 0.05) is 5.39 Å². The van der Waals surface area contributed by atoms with Crippen molar-refractivity contribution in [3.8, 4) is 0 Å². The second kappa shape index (κ2) is 7.25. The number of rotatable bonds is 4. The zero-order chi connectivity index (χ0) is 20.8. The number of benzene rings is 2. The van der Waals surface area contributed by atoms with Gasteiger partial charge in [-0.25, -0.2) is 15.0 Å². The van der Waals surface area contributed by atoms with Crippen LogP contribution in [0.3, 0.4) is 0 Å². The molecule has 10 heteroatoms. The molecule has 0 radical (unpaired) electrons. The van der Waals surface area contributed by atoms with E-state index in [-0.39, 0.29) is 21.9 Å². The summed E-state index contributed by atoms with van der Waals surface area (Å²) in [7, 11) is 0. The molecule has 0 N–H and O–H groups in total. The number of alkyl halides is 5. The van der Waals surface area contributed by atoms with Gasteiger partial charge in [-0.05, 0) is 25.1 Å². The molecule has 4 aromatic rings. The van der Waals surface area contributed by atoms with Crippen LogP contribution < -0.4 is 0 Å². The van der Waals surface area contributed by atoms with Gasteiger partial charge in [0.05, 0.1) is 21.8 Å². The van der Waals surface area contributed by atoms with E-state index in [0.29, 0.717) is 10.9 Å². The Hall–Kier alpha value is -2.75. The minimum absolute atomic E-state index is 0.0578. The van der Waals surface area contributed by atoms with Gasteiger partial charge in [-0.3, -0.25) is 4.57 Å². The molecule has 0 aliphatic heterocycles. The summed E-state index contributed by atoms with van der Waals surface area (Å²) in [6.45, 7) is -1.23. The quantitative estimate of drug-likeness (QED) is 0.221. The zero-order valence-corrected chi connectivity index (χ0v) is 15.7. The van der Waals surface area contributed by atoms with Gasteiger partial charge in [0.15, 0.2) is 0 Å². The fourth-order valence-electron chi connectivity index (χ4n) is 3.04. The highest BCUT2D eigenvalue weighted by molar-refractivity contribution is 7.99. The number of hydrogen-bond acceptors (Lipinski definition) is 4. The molecule has 2 aromatic heterocycles. The summed E-state index contributed by atoms with van der Waals surface area (Å²) in [5.41, 5.74) is 0.777. The van der Waals surface area contributed by atoms with Crippen molar-refractivity contribution in [2.24, 2.45) is 0 Å². The van der Waals surface area contributed by atoms with E-state index >= 15 is 0 Å². The molecule has 0 unspecified atom stereocenters. The van der Waals surface area contributed by atoms with Gasteiger partial charge >= 0.3 is 12.7 Å². The lowest BCUT2D eigenvalue weighted by molar-refractivity contribution is -0.145. The molecule has 0 saturated heterocycles. The van der Waals surface area contributed by atoms with Crippen LogP contribution in [0.15, 0.2) is 53.6 Å². The summed E-state index contributed by atoms with van der Waals surface area (Å²) in [6, 6.07) is 12.7. The van der Waals surface area contributed by atoms with Crippen LogP contribution in [-0.4, -0.2) is 19.5 Å². The molecule has 0 bridgehead atoms. The second-order valence-corrected chi connectivity index (χ2v) is 7.56. The van der Waals surface area contributed by atoms with Gasteiger partial charge in [0.2, 0.25) is 5.82 Å². The van der Waals surface area contributed by atoms with Gasteiger partial charge in [0.25, 0.3) is 0 Å². The third-order valence-corrected chi connectivity index (χ3v) is 5.39. The number of thioether (sulfide) groups is 1. The fraction of sp³-hybridized carbons (Fsp3) is 0.211. The molecule has 29 heavy (non-hydrogen) atoms. The van der Waals surface area contributed by atoms with Crippen LogP contribution in [0.1, 0.15) is 30.4 Å². The minimum atomic E-state index is -4.72. The fourth-order valence-corrected chi connectivity index (χ4v) is 4.08. The molecule has 150 valence electrons. The topological polar surface area (TPSA) is 43.6 Å². The average Bonchev–Trinajstić information content (AvgIpc) is 3.07. The first kappa shape index (κ1) is 19.6. The number of fused-ring (bicyclic) bond motifs is 2. The van der Waals surface area contributed by atoms with Crippen molar-refractivity contribution in [1.82, 2.24) is 19.5 Å². The van der Waals surface area contributed by atoms with Crippen molar-refractivity contribution in [1.29, 1.82) is 0 Å². The predicted molar refractivity (Wildman–Crippen MR) is 99.8 cm³/mol. The highest BCUT2D eigenvalue weighted by Crippen LogP contribution is 2.40. The first-order chi connectivity index (χ1) is 13.8. The van der Waals surface area contributed by atoms with E-state index in [1.54, 1.807) is 43.3 Å². The Labute approximate surface area is 165 Å². The third kappa shape index (κ3) is 3.64. The molecule has 2 aromatic carbocycles. The first-order valence-electron chi connectivity index (χ1n) is 8.51. The van der Waals surface area contributed by atoms with E-state index in [4.69, 9.17) is 0 Å². The number of halogens is 5. The van der Waals surface area contributed by atoms with Crippen molar-refractivity contribution in [2.45, 2.75) is 29.9 Å². The van der Waals surface area contributed by atoms with Crippen molar-refractivity contribution < 1.29 is 22.0 Å². The summed E-state index contributed by atoms with van der Waals surface area (Å²) in [5, 5.41) is -0.212. The summed E-state index contributed by atoms with van der Waals surface area (Å²) < 4.78 is 67.8. The lowest BCUT2D eigenvalue weighted by Crippen LogP contribution is -2.12. The van der Waals surface area contributed by atoms with Crippen LogP contribution in [0, 0.1) is 0 Å². The van der Waals surface area contributed by atoms with Gasteiger partial charge in [0.1, 0.15) is 10.9 Å². The van der Waals surface area contributed by atoms with Crippen LogP contribution in [0.5, 0.6) is 0 Å². The molecule has 4 nitrogen and oxygen atoms in total. The Bertz CT molecular complexity index is 1190. The molecular weight excluding hydrogens is 411 g/mol. The number of aromatic nitrogens is 4. The largest absolute Gasteiger partial charge is 0.451 e. The Kier molecular flexibility index (Phi) is 4.89. The van der Waals surface area contributed by atoms with E-state index < -0.39 is 23.8 Å². The van der Waals surface area contributed by atoms with Gasteiger partial charge in [-0.1, -0.05) is 42.1 Å². The highest BCUT2D eigenvalue weighted by atomic mass is 32.2. The lowest BCUT2D eigenvalue weighted by Gasteiger charge is -2.15. The SMILES string of the molecule is C[C@H](Sc1nc(C(F)(F)F)nc2ccccc12)c1nc2ccccc2n1C(F)F. The normalized spacial score (nSPS) is 13.5. The van der Waals surface area contributed by atoms with E-state index in [1.165, 1.54) is 12.1 Å². The van der Waals surface area contributed by atoms with Crippen molar-refractivity contribution >= 4 is 33.7 Å². The number of imidazole rings is 1. The molecule has 2 heterocycles. The van der Waals surface area contributed by atoms with E-state index in [1.807, 2.05) is 0 Å². The van der Waals surface area contributed by atoms with Crippen molar-refractivity contribution in [2.75, 3.05) is 0 Å². The highest BCUT2D eigenvalue weighted by Gasteiger charge is 2.36. The second-order valence-electron chi connectivity index (χ2n) is 6.23. The molecule has 0 fully saturated rings. The van der Waals surface area contributed by atoms with Crippen LogP contribution in [0.25, 0.3) is 21.9 Å². The molecule has 0 aliphatic rings. The molecule has 1 atom stereocenters. The minimum Gasteiger partial charge on any atom is -0.269 e. The Morgan fingerprint density at radius 2 is 1.55 bits per heavy atom. The third-order valence-electron chi connectivity index (χ3n) is 4.29. The van der Waals surface area contributed by atoms with Crippen molar-refractivity contribution in [3.05, 3.63) is 60.2 Å². The number of para-hydroxylation sites is 3. The standard InChI is InChI=1S/C19H13F5N4S/c1-10(15-25-13-8-4-5-9-14(13)28(15)18(20)21)29-16-11-6-2-3-7-12(11)26-17(27-16)19(22,23)24/h2-10,18H,1H3/t10-/m0/s1. The van der Waals surface area contributed by atoms with Crippen molar-refractivity contribution in [3.63, 3.8) is 0 Å². The molecule has 0 amide bonds. The summed E-state index contributed by atoms with van der Waals surface area (Å²) in [5.74, 6) is -1.21. The maximum absolute atomic E-state index is 13.7. The molecular formula is C19H13F5N4S. The Morgan fingerprint density at radius 3 is 2.24 bits per heavy atom. The Balaban J connectivity index is 1.81. The van der Waals surface area contributed by atoms with Gasteiger partial charge in [-0.2, -0.15) is 22.0 Å². The maximum atomic E-state index is 13.7.